The average Bonchev–Trinajstić information content (AvgIpc) is 2.84. The van der Waals surface area contributed by atoms with Crippen molar-refractivity contribution in [3.63, 3.8) is 0 Å². The van der Waals surface area contributed by atoms with Gasteiger partial charge in [-0.15, -0.1) is 0 Å². The Hall–Kier alpha value is -1.92. The van der Waals surface area contributed by atoms with Gasteiger partial charge in [-0.1, -0.05) is 11.6 Å². The number of nitrogens with zero attached hydrogens (tertiary/aromatic N) is 5. The number of hydrogen-bond donors (Lipinski definition) is 0. The van der Waals surface area contributed by atoms with Crippen LogP contribution < -0.4 is 4.74 Å². The molecule has 0 bridgehead atoms. The van der Waals surface area contributed by atoms with Gasteiger partial charge in [0, 0.05) is 6.04 Å². The van der Waals surface area contributed by atoms with Gasteiger partial charge < -0.3 is 9.30 Å². The summed E-state index contributed by atoms with van der Waals surface area (Å²) in [6.45, 7) is 6.14. The zero-order chi connectivity index (χ0) is 16.7. The number of fused-ring (bicyclic) bond motifs is 1. The van der Waals surface area contributed by atoms with Crippen molar-refractivity contribution in [2.24, 2.45) is 0 Å². The van der Waals surface area contributed by atoms with E-state index in [1.807, 2.05) is 13.0 Å². The highest BCUT2D eigenvalue weighted by Crippen LogP contribution is 2.33. The molecule has 3 rings (SSSR count). The molecule has 3 aromatic heterocycles. The highest BCUT2D eigenvalue weighted by Gasteiger charge is 2.19. The van der Waals surface area contributed by atoms with E-state index in [4.69, 9.17) is 27.9 Å². The van der Waals surface area contributed by atoms with Crippen LogP contribution in [0.5, 0.6) is 5.88 Å². The molecule has 0 amide bonds. The first-order valence-corrected chi connectivity index (χ1v) is 7.80. The molecule has 0 aliphatic carbocycles. The van der Waals surface area contributed by atoms with Crippen molar-refractivity contribution in [2.45, 2.75) is 26.8 Å². The second kappa shape index (κ2) is 5.94. The van der Waals surface area contributed by atoms with Crippen molar-refractivity contribution in [1.82, 2.24) is 24.5 Å². The van der Waals surface area contributed by atoms with Crippen molar-refractivity contribution >= 4 is 34.2 Å². The molecule has 6 nitrogen and oxygen atoms in total. The third-order valence-electron chi connectivity index (χ3n) is 3.49. The molecule has 0 aliphatic rings. The number of imidazole rings is 1. The number of halogens is 2. The first-order chi connectivity index (χ1) is 10.9. The summed E-state index contributed by atoms with van der Waals surface area (Å²) in [5.41, 5.74) is 2.63. The molecule has 0 aliphatic heterocycles. The van der Waals surface area contributed by atoms with Gasteiger partial charge in [0.15, 0.2) is 5.52 Å². The average molecular weight is 352 g/mol. The lowest BCUT2D eigenvalue weighted by molar-refractivity contribution is 0.403. The number of hydrogen-bond acceptors (Lipinski definition) is 5. The zero-order valence-corrected chi connectivity index (χ0v) is 14.6. The molecule has 0 saturated carbocycles. The fourth-order valence-electron chi connectivity index (χ4n) is 2.62. The Balaban J connectivity index is 2.35. The summed E-state index contributed by atoms with van der Waals surface area (Å²) in [7, 11) is 1.56. The summed E-state index contributed by atoms with van der Waals surface area (Å²) in [6, 6.07) is 2.13. The van der Waals surface area contributed by atoms with Crippen molar-refractivity contribution in [3.05, 3.63) is 28.4 Å². The van der Waals surface area contributed by atoms with Crippen molar-refractivity contribution in [2.75, 3.05) is 7.11 Å². The van der Waals surface area contributed by atoms with E-state index in [2.05, 4.69) is 38.4 Å². The van der Waals surface area contributed by atoms with Crippen LogP contribution in [0.15, 0.2) is 12.3 Å². The summed E-state index contributed by atoms with van der Waals surface area (Å²) in [4.78, 5) is 17.1. The number of rotatable bonds is 3. The van der Waals surface area contributed by atoms with Crippen molar-refractivity contribution in [1.29, 1.82) is 0 Å². The highest BCUT2D eigenvalue weighted by atomic mass is 35.5. The van der Waals surface area contributed by atoms with Crippen LogP contribution in [-0.2, 0) is 0 Å². The Labute approximate surface area is 143 Å². The van der Waals surface area contributed by atoms with E-state index in [0.29, 0.717) is 27.8 Å². The quantitative estimate of drug-likeness (QED) is 0.664. The molecule has 0 unspecified atom stereocenters. The third kappa shape index (κ3) is 2.72. The summed E-state index contributed by atoms with van der Waals surface area (Å²) in [5.74, 6) is 1.31. The fraction of sp³-hybridized carbons (Fsp3) is 0.333. The summed E-state index contributed by atoms with van der Waals surface area (Å²) < 4.78 is 7.51. The second-order valence-electron chi connectivity index (χ2n) is 5.34. The first-order valence-electron chi connectivity index (χ1n) is 7.04. The first kappa shape index (κ1) is 16.0. The molecule has 0 saturated heterocycles. The lowest BCUT2D eigenvalue weighted by Gasteiger charge is -2.12. The van der Waals surface area contributed by atoms with Gasteiger partial charge in [-0.05, 0) is 38.4 Å². The molecule has 0 fully saturated rings. The maximum Gasteiger partial charge on any atom is 0.242 e. The molecule has 3 aromatic rings. The maximum atomic E-state index is 6.20. The van der Waals surface area contributed by atoms with Gasteiger partial charge in [-0.3, -0.25) is 0 Å². The van der Waals surface area contributed by atoms with Crippen LogP contribution in [0.4, 0.5) is 0 Å². The highest BCUT2D eigenvalue weighted by molar-refractivity contribution is 6.33. The van der Waals surface area contributed by atoms with E-state index in [0.717, 1.165) is 11.3 Å². The molecule has 0 radical (unpaired) electrons. The molecule has 23 heavy (non-hydrogen) atoms. The minimum Gasteiger partial charge on any atom is -0.479 e. The Kier molecular flexibility index (Phi) is 4.12. The van der Waals surface area contributed by atoms with E-state index in [-0.39, 0.29) is 11.3 Å². The fourth-order valence-corrected chi connectivity index (χ4v) is 2.94. The van der Waals surface area contributed by atoms with Gasteiger partial charge in [0.05, 0.1) is 29.5 Å². The van der Waals surface area contributed by atoms with E-state index < -0.39 is 0 Å². The summed E-state index contributed by atoms with van der Waals surface area (Å²) in [5, 5.41) is 0.481. The minimum atomic E-state index is 0.110. The van der Waals surface area contributed by atoms with Crippen LogP contribution in [0.3, 0.4) is 0 Å². The van der Waals surface area contributed by atoms with Gasteiger partial charge in [0.2, 0.25) is 11.2 Å². The molecular formula is C15H15Cl2N5O. The minimum absolute atomic E-state index is 0.110. The zero-order valence-electron chi connectivity index (χ0n) is 13.1. The van der Waals surface area contributed by atoms with Crippen LogP contribution in [0.1, 0.15) is 25.7 Å². The predicted octanol–water partition coefficient (Wildman–Crippen LogP) is 4.09. The normalized spacial score (nSPS) is 11.4. The van der Waals surface area contributed by atoms with Gasteiger partial charge in [-0.25, -0.2) is 19.9 Å². The lowest BCUT2D eigenvalue weighted by Crippen LogP contribution is -2.03. The monoisotopic (exact) mass is 351 g/mol. The number of ether oxygens (including phenoxy) is 1. The van der Waals surface area contributed by atoms with Crippen molar-refractivity contribution in [3.8, 4) is 17.3 Å². The lowest BCUT2D eigenvalue weighted by atomic mass is 10.2. The van der Waals surface area contributed by atoms with Gasteiger partial charge in [0.25, 0.3) is 0 Å². The van der Waals surface area contributed by atoms with Gasteiger partial charge >= 0.3 is 0 Å². The molecule has 0 N–H and O–H groups in total. The van der Waals surface area contributed by atoms with Crippen LogP contribution >= 0.6 is 23.2 Å². The van der Waals surface area contributed by atoms with Gasteiger partial charge in [-0.2, -0.15) is 0 Å². The molecule has 0 aromatic carbocycles. The van der Waals surface area contributed by atoms with Crippen LogP contribution in [0.2, 0.25) is 10.3 Å². The smallest absolute Gasteiger partial charge is 0.242 e. The topological polar surface area (TPSA) is 65.7 Å². The van der Waals surface area contributed by atoms with Crippen molar-refractivity contribution < 1.29 is 4.74 Å². The van der Waals surface area contributed by atoms with Crippen LogP contribution in [0.25, 0.3) is 22.4 Å². The number of aryl methyl sites for hydroxylation is 1. The maximum absolute atomic E-state index is 6.20. The largest absolute Gasteiger partial charge is 0.479 e. The number of aromatic nitrogens is 5. The Morgan fingerprint density at radius 1 is 1.17 bits per heavy atom. The second-order valence-corrected chi connectivity index (χ2v) is 6.09. The molecule has 8 heteroatoms. The van der Waals surface area contributed by atoms with E-state index in [1.54, 1.807) is 7.11 Å². The van der Waals surface area contributed by atoms with E-state index in [1.165, 1.54) is 6.20 Å². The van der Waals surface area contributed by atoms with Gasteiger partial charge in [0.1, 0.15) is 11.5 Å². The van der Waals surface area contributed by atoms with Crippen LogP contribution in [0, 0.1) is 6.92 Å². The number of methoxy groups -OCH3 is 1. The Morgan fingerprint density at radius 2 is 1.91 bits per heavy atom. The number of pyridine rings is 1. The molecular weight excluding hydrogens is 337 g/mol. The Bertz CT molecular complexity index is 891. The van der Waals surface area contributed by atoms with E-state index >= 15 is 0 Å². The SMILES string of the molecule is COc1nc(-c2nc(Cl)ncc2Cl)cc2c1nc(C)n2C(C)C. The third-order valence-corrected chi connectivity index (χ3v) is 3.95. The molecule has 0 spiro atoms. The standard InChI is InChI=1S/C15H15Cl2N5O/c1-7(2)22-8(3)19-13-11(22)5-10(20-14(13)23-4)12-9(16)6-18-15(17)21-12/h5-7H,1-4H3. The Morgan fingerprint density at radius 3 is 2.57 bits per heavy atom. The van der Waals surface area contributed by atoms with E-state index in [9.17, 15) is 0 Å². The molecule has 0 atom stereocenters. The molecule has 3 heterocycles. The van der Waals surface area contributed by atoms with Crippen LogP contribution in [-0.4, -0.2) is 31.6 Å². The summed E-state index contributed by atoms with van der Waals surface area (Å²) in [6.07, 6.45) is 1.45. The predicted molar refractivity (Wildman–Crippen MR) is 90.2 cm³/mol. The molecule has 120 valence electrons. The summed E-state index contributed by atoms with van der Waals surface area (Å²) >= 11 is 12.1.